The van der Waals surface area contributed by atoms with E-state index in [4.69, 9.17) is 0 Å². The number of aryl methyl sites for hydroxylation is 2. The Balaban J connectivity index is 1.95. The molecule has 0 amide bonds. The van der Waals surface area contributed by atoms with Crippen LogP contribution in [0.4, 0.5) is 0 Å². The lowest BCUT2D eigenvalue weighted by Crippen LogP contribution is -2.45. The van der Waals surface area contributed by atoms with E-state index in [1.54, 1.807) is 0 Å². The van der Waals surface area contributed by atoms with Crippen molar-refractivity contribution in [1.82, 2.24) is 5.32 Å². The van der Waals surface area contributed by atoms with Gasteiger partial charge in [-0.2, -0.15) is 0 Å². The van der Waals surface area contributed by atoms with Crippen LogP contribution in [-0.2, 0) is 0 Å². The van der Waals surface area contributed by atoms with Gasteiger partial charge in [0, 0.05) is 12.6 Å². The van der Waals surface area contributed by atoms with E-state index in [9.17, 15) is 5.11 Å². The lowest BCUT2D eigenvalue weighted by Gasteiger charge is -2.41. The van der Waals surface area contributed by atoms with Gasteiger partial charge < -0.3 is 10.4 Å². The lowest BCUT2D eigenvalue weighted by molar-refractivity contribution is -0.0258. The second-order valence-corrected chi connectivity index (χ2v) is 7.85. The molecule has 1 aliphatic rings. The maximum absolute atomic E-state index is 10.8. The predicted octanol–water partition coefficient (Wildman–Crippen LogP) is 4.29. The smallest absolute Gasteiger partial charge is 0.0772 e. The van der Waals surface area contributed by atoms with E-state index in [2.05, 4.69) is 58.1 Å². The summed E-state index contributed by atoms with van der Waals surface area (Å²) in [5.41, 5.74) is 3.82. The molecule has 1 saturated carbocycles. The van der Waals surface area contributed by atoms with Crippen molar-refractivity contribution in [3.8, 4) is 0 Å². The Morgan fingerprint density at radius 3 is 2.38 bits per heavy atom. The quantitative estimate of drug-likeness (QED) is 0.867. The van der Waals surface area contributed by atoms with Crippen molar-refractivity contribution in [2.75, 3.05) is 6.54 Å². The molecule has 0 aromatic heterocycles. The third kappa shape index (κ3) is 4.31. The zero-order valence-corrected chi connectivity index (χ0v) is 14.3. The van der Waals surface area contributed by atoms with E-state index in [0.717, 1.165) is 25.7 Å². The van der Waals surface area contributed by atoms with Crippen LogP contribution in [0.5, 0.6) is 0 Å². The van der Waals surface area contributed by atoms with E-state index in [0.29, 0.717) is 12.0 Å². The molecule has 2 nitrogen and oxygen atoms in total. The Bertz CT molecular complexity index is 482. The van der Waals surface area contributed by atoms with Crippen LogP contribution in [0.1, 0.15) is 69.2 Å². The van der Waals surface area contributed by atoms with Crippen LogP contribution in [0.25, 0.3) is 0 Å². The molecule has 21 heavy (non-hydrogen) atoms. The number of hydrogen-bond donors (Lipinski definition) is 2. The van der Waals surface area contributed by atoms with E-state index in [1.165, 1.54) is 16.7 Å². The third-order valence-electron chi connectivity index (χ3n) is 5.17. The summed E-state index contributed by atoms with van der Waals surface area (Å²) >= 11 is 0. The summed E-state index contributed by atoms with van der Waals surface area (Å²) in [6.45, 7) is 11.8. The molecule has 118 valence electrons. The van der Waals surface area contributed by atoms with Gasteiger partial charge in [0.15, 0.2) is 0 Å². The minimum atomic E-state index is -0.526. The standard InChI is InChI=1S/C19H31NO/c1-14-6-7-15(2)17(12-14)16(3)20-13-19(21)10-8-18(4,5)9-11-19/h6-7,12,16,20-21H,8-11,13H2,1-5H3. The second kappa shape index (κ2) is 6.10. The highest BCUT2D eigenvalue weighted by Gasteiger charge is 2.36. The molecule has 1 fully saturated rings. The van der Waals surface area contributed by atoms with Gasteiger partial charge >= 0.3 is 0 Å². The summed E-state index contributed by atoms with van der Waals surface area (Å²) in [6.07, 6.45) is 4.05. The predicted molar refractivity (Wildman–Crippen MR) is 89.5 cm³/mol. The van der Waals surface area contributed by atoms with E-state index in [-0.39, 0.29) is 6.04 Å². The van der Waals surface area contributed by atoms with Gasteiger partial charge in [-0.25, -0.2) is 0 Å². The van der Waals surface area contributed by atoms with Gasteiger partial charge in [0.25, 0.3) is 0 Å². The fraction of sp³-hybridized carbons (Fsp3) is 0.684. The minimum Gasteiger partial charge on any atom is -0.389 e. The van der Waals surface area contributed by atoms with Crippen LogP contribution in [0.2, 0.25) is 0 Å². The number of nitrogens with one attached hydrogen (secondary N) is 1. The van der Waals surface area contributed by atoms with Gasteiger partial charge in [-0.3, -0.25) is 0 Å². The summed E-state index contributed by atoms with van der Waals surface area (Å²) in [4.78, 5) is 0. The van der Waals surface area contributed by atoms with Crippen molar-refractivity contribution < 1.29 is 5.11 Å². The van der Waals surface area contributed by atoms with Crippen molar-refractivity contribution in [3.63, 3.8) is 0 Å². The molecule has 0 aliphatic heterocycles. The van der Waals surface area contributed by atoms with Gasteiger partial charge in [-0.1, -0.05) is 37.6 Å². The number of aliphatic hydroxyl groups is 1. The molecular formula is C19H31NO. The zero-order valence-electron chi connectivity index (χ0n) is 14.3. The van der Waals surface area contributed by atoms with Crippen LogP contribution in [0, 0.1) is 19.3 Å². The molecule has 0 saturated heterocycles. The van der Waals surface area contributed by atoms with Gasteiger partial charge in [-0.05, 0) is 63.0 Å². The van der Waals surface area contributed by atoms with Gasteiger partial charge in [0.05, 0.1) is 5.60 Å². The lowest BCUT2D eigenvalue weighted by atomic mass is 9.71. The highest BCUT2D eigenvalue weighted by atomic mass is 16.3. The molecule has 1 aromatic carbocycles. The van der Waals surface area contributed by atoms with Gasteiger partial charge in [0.2, 0.25) is 0 Å². The first-order valence-electron chi connectivity index (χ1n) is 8.24. The average molecular weight is 289 g/mol. The van der Waals surface area contributed by atoms with E-state index < -0.39 is 5.60 Å². The van der Waals surface area contributed by atoms with E-state index in [1.807, 2.05) is 0 Å². The highest BCUT2D eigenvalue weighted by Crippen LogP contribution is 2.40. The maximum atomic E-state index is 10.8. The average Bonchev–Trinajstić information content (AvgIpc) is 2.43. The number of benzene rings is 1. The Labute approximate surface area is 130 Å². The van der Waals surface area contributed by atoms with E-state index >= 15 is 0 Å². The number of rotatable bonds is 4. The number of hydrogen-bond acceptors (Lipinski definition) is 2. The molecule has 1 unspecified atom stereocenters. The Morgan fingerprint density at radius 1 is 1.14 bits per heavy atom. The molecule has 1 atom stereocenters. The van der Waals surface area contributed by atoms with Gasteiger partial charge in [-0.15, -0.1) is 0 Å². The molecule has 1 aromatic rings. The second-order valence-electron chi connectivity index (χ2n) is 7.85. The molecular weight excluding hydrogens is 258 g/mol. The fourth-order valence-electron chi connectivity index (χ4n) is 3.25. The Kier molecular flexibility index (Phi) is 4.79. The third-order valence-corrected chi connectivity index (χ3v) is 5.17. The highest BCUT2D eigenvalue weighted by molar-refractivity contribution is 5.32. The summed E-state index contributed by atoms with van der Waals surface area (Å²) in [6, 6.07) is 6.87. The van der Waals surface area contributed by atoms with Crippen molar-refractivity contribution in [2.24, 2.45) is 5.41 Å². The van der Waals surface area contributed by atoms with Crippen LogP contribution in [0.3, 0.4) is 0 Å². The van der Waals surface area contributed by atoms with Crippen LogP contribution in [-0.4, -0.2) is 17.3 Å². The molecule has 2 heteroatoms. The van der Waals surface area contributed by atoms with Crippen molar-refractivity contribution >= 4 is 0 Å². The summed E-state index contributed by atoms with van der Waals surface area (Å²) in [7, 11) is 0. The summed E-state index contributed by atoms with van der Waals surface area (Å²) < 4.78 is 0. The SMILES string of the molecule is Cc1ccc(C)c(C(C)NCC2(O)CCC(C)(C)CC2)c1. The summed E-state index contributed by atoms with van der Waals surface area (Å²) in [5.74, 6) is 0. The normalized spacial score (nSPS) is 22.0. The zero-order chi connectivity index (χ0) is 15.7. The molecule has 0 bridgehead atoms. The summed E-state index contributed by atoms with van der Waals surface area (Å²) in [5, 5.41) is 14.3. The first-order valence-corrected chi connectivity index (χ1v) is 8.24. The molecule has 0 spiro atoms. The topological polar surface area (TPSA) is 32.3 Å². The fourth-order valence-corrected chi connectivity index (χ4v) is 3.25. The first-order chi connectivity index (χ1) is 9.71. The molecule has 1 aliphatic carbocycles. The Hall–Kier alpha value is -0.860. The van der Waals surface area contributed by atoms with Crippen LogP contribution in [0.15, 0.2) is 18.2 Å². The van der Waals surface area contributed by atoms with Crippen molar-refractivity contribution in [2.45, 2.75) is 71.9 Å². The molecule has 2 N–H and O–H groups in total. The first kappa shape index (κ1) is 16.5. The van der Waals surface area contributed by atoms with Crippen LogP contribution < -0.4 is 5.32 Å². The Morgan fingerprint density at radius 2 is 1.76 bits per heavy atom. The van der Waals surface area contributed by atoms with Crippen molar-refractivity contribution in [1.29, 1.82) is 0 Å². The minimum absolute atomic E-state index is 0.281. The van der Waals surface area contributed by atoms with Gasteiger partial charge in [0.1, 0.15) is 0 Å². The monoisotopic (exact) mass is 289 g/mol. The molecule has 0 radical (unpaired) electrons. The molecule has 2 rings (SSSR count). The van der Waals surface area contributed by atoms with Crippen LogP contribution >= 0.6 is 0 Å². The molecule has 0 heterocycles. The largest absolute Gasteiger partial charge is 0.389 e. The maximum Gasteiger partial charge on any atom is 0.0772 e. The van der Waals surface area contributed by atoms with Crippen molar-refractivity contribution in [3.05, 3.63) is 34.9 Å².